The van der Waals surface area contributed by atoms with Crippen LogP contribution in [0.1, 0.15) is 44.2 Å². The van der Waals surface area contributed by atoms with E-state index in [-0.39, 0.29) is 17.7 Å². The molecule has 0 radical (unpaired) electrons. The summed E-state index contributed by atoms with van der Waals surface area (Å²) < 4.78 is 11.4. The molecule has 0 bridgehead atoms. The van der Waals surface area contributed by atoms with Crippen molar-refractivity contribution in [2.24, 2.45) is 0 Å². The maximum atomic E-state index is 13.4. The molecule has 7 heteroatoms. The number of ether oxygens (including phenoxy) is 2. The normalized spacial score (nSPS) is 16.5. The van der Waals surface area contributed by atoms with Crippen molar-refractivity contribution in [1.82, 2.24) is 0 Å². The highest BCUT2D eigenvalue weighted by Crippen LogP contribution is 2.37. The lowest BCUT2D eigenvalue weighted by Crippen LogP contribution is -2.44. The van der Waals surface area contributed by atoms with E-state index in [1.54, 1.807) is 12.1 Å². The zero-order valence-corrected chi connectivity index (χ0v) is 17.6. The molecule has 1 amide bonds. The van der Waals surface area contributed by atoms with Gasteiger partial charge >= 0.3 is 0 Å². The van der Waals surface area contributed by atoms with Gasteiger partial charge in [0.15, 0.2) is 0 Å². The van der Waals surface area contributed by atoms with E-state index >= 15 is 0 Å². The van der Waals surface area contributed by atoms with E-state index in [2.05, 4.69) is 12.2 Å². The summed E-state index contributed by atoms with van der Waals surface area (Å²) in [5, 5.41) is 14.0. The predicted molar refractivity (Wildman–Crippen MR) is 115 cm³/mol. The summed E-state index contributed by atoms with van der Waals surface area (Å²) in [4.78, 5) is 23.9. The average Bonchev–Trinajstić information content (AvgIpc) is 2.76. The Labute approximate surface area is 176 Å². The van der Waals surface area contributed by atoms with E-state index < -0.39 is 10.3 Å². The minimum Gasteiger partial charge on any atom is -0.490 e. The first kappa shape index (κ1) is 21.8. The van der Waals surface area contributed by atoms with Crippen molar-refractivity contribution in [3.8, 4) is 5.75 Å². The number of nitro groups is 1. The van der Waals surface area contributed by atoms with Gasteiger partial charge in [0.2, 0.25) is 5.91 Å². The molecule has 30 heavy (non-hydrogen) atoms. The number of anilines is 1. The van der Waals surface area contributed by atoms with Crippen molar-refractivity contribution >= 4 is 17.3 Å². The Morgan fingerprint density at radius 3 is 2.47 bits per heavy atom. The Hall–Kier alpha value is -2.93. The highest BCUT2D eigenvalue weighted by molar-refractivity contribution is 5.99. The smallest absolute Gasteiger partial charge is 0.269 e. The summed E-state index contributed by atoms with van der Waals surface area (Å²) in [6, 6.07) is 11.9. The van der Waals surface area contributed by atoms with Crippen LogP contribution in [0.2, 0.25) is 0 Å². The molecule has 1 aliphatic rings. The lowest BCUT2D eigenvalue weighted by atomic mass is 9.73. The molecule has 1 atom stereocenters. The Morgan fingerprint density at radius 1 is 1.23 bits per heavy atom. The third kappa shape index (κ3) is 4.62. The Morgan fingerprint density at radius 2 is 1.90 bits per heavy atom. The molecular formula is C23H28N2O5. The zero-order valence-electron chi connectivity index (χ0n) is 17.6. The van der Waals surface area contributed by atoms with Crippen LogP contribution >= 0.6 is 0 Å². The second kappa shape index (κ2) is 9.26. The van der Waals surface area contributed by atoms with E-state index in [1.807, 2.05) is 32.0 Å². The van der Waals surface area contributed by atoms with Gasteiger partial charge in [-0.15, -0.1) is 0 Å². The molecule has 1 saturated heterocycles. The molecular weight excluding hydrogens is 384 g/mol. The lowest BCUT2D eigenvalue weighted by Gasteiger charge is -2.36. The number of non-ortho nitro benzene ring substituents is 1. The van der Waals surface area contributed by atoms with Gasteiger partial charge in [-0.05, 0) is 62.4 Å². The largest absolute Gasteiger partial charge is 0.490 e. The number of amides is 1. The molecule has 0 saturated carbocycles. The maximum absolute atomic E-state index is 13.4. The van der Waals surface area contributed by atoms with Gasteiger partial charge in [0.25, 0.3) is 5.69 Å². The van der Waals surface area contributed by atoms with Gasteiger partial charge in [-0.25, -0.2) is 0 Å². The first-order valence-corrected chi connectivity index (χ1v) is 10.3. The highest BCUT2D eigenvalue weighted by atomic mass is 16.6. The van der Waals surface area contributed by atoms with Crippen LogP contribution in [0.5, 0.6) is 5.75 Å². The summed E-state index contributed by atoms with van der Waals surface area (Å²) in [5.41, 5.74) is 1.63. The van der Waals surface area contributed by atoms with Crippen LogP contribution in [0.15, 0.2) is 42.5 Å². The number of benzene rings is 2. The first-order chi connectivity index (χ1) is 14.4. The van der Waals surface area contributed by atoms with Crippen LogP contribution in [0, 0.1) is 17.0 Å². The van der Waals surface area contributed by atoms with Gasteiger partial charge < -0.3 is 14.8 Å². The van der Waals surface area contributed by atoms with Gasteiger partial charge in [0.05, 0.1) is 16.4 Å². The van der Waals surface area contributed by atoms with E-state index in [0.29, 0.717) is 31.7 Å². The fourth-order valence-corrected chi connectivity index (χ4v) is 3.68. The SMILES string of the molecule is CC[C@@H](C)Oc1ccc(NC(=O)C2(c3ccc([N+](=O)[O-])cc3)CCOCC2)cc1C. The van der Waals surface area contributed by atoms with E-state index in [1.165, 1.54) is 12.1 Å². The quantitative estimate of drug-likeness (QED) is 0.523. The molecule has 0 spiro atoms. The zero-order chi connectivity index (χ0) is 21.7. The van der Waals surface area contributed by atoms with Gasteiger partial charge in [0.1, 0.15) is 5.75 Å². The number of carbonyl (C=O) groups is 1. The average molecular weight is 412 g/mol. The second-order valence-corrected chi connectivity index (χ2v) is 7.77. The fraction of sp³-hybridized carbons (Fsp3) is 0.435. The monoisotopic (exact) mass is 412 g/mol. The number of nitro benzene ring substituents is 1. The summed E-state index contributed by atoms with van der Waals surface area (Å²) in [5.74, 6) is 0.674. The molecule has 160 valence electrons. The van der Waals surface area contributed by atoms with Crippen LogP contribution < -0.4 is 10.1 Å². The predicted octanol–water partition coefficient (Wildman–Crippen LogP) is 4.77. The lowest BCUT2D eigenvalue weighted by molar-refractivity contribution is -0.384. The minimum absolute atomic E-state index is 0.00823. The number of hydrogen-bond acceptors (Lipinski definition) is 5. The van der Waals surface area contributed by atoms with Crippen LogP contribution in [-0.4, -0.2) is 30.1 Å². The Kier molecular flexibility index (Phi) is 6.72. The molecule has 7 nitrogen and oxygen atoms in total. The van der Waals surface area contributed by atoms with Crippen molar-refractivity contribution in [2.45, 2.75) is 51.6 Å². The molecule has 3 rings (SSSR count). The fourth-order valence-electron chi connectivity index (χ4n) is 3.68. The minimum atomic E-state index is -0.785. The van der Waals surface area contributed by atoms with Crippen LogP contribution in [0.25, 0.3) is 0 Å². The Balaban J connectivity index is 1.84. The standard InChI is InChI=1S/C23H28N2O5/c1-4-17(3)30-21-10-7-19(15-16(21)2)24-22(26)23(11-13-29-14-12-23)18-5-8-20(9-6-18)25(27)28/h5-10,15,17H,4,11-14H2,1-3H3,(H,24,26)/t17-/m1/s1. The van der Waals surface area contributed by atoms with Gasteiger partial charge in [-0.3, -0.25) is 14.9 Å². The number of nitrogens with one attached hydrogen (secondary N) is 1. The van der Waals surface area contributed by atoms with E-state index in [4.69, 9.17) is 9.47 Å². The molecule has 0 unspecified atom stereocenters. The number of hydrogen-bond donors (Lipinski definition) is 1. The van der Waals surface area contributed by atoms with E-state index in [9.17, 15) is 14.9 Å². The summed E-state index contributed by atoms with van der Waals surface area (Å²) >= 11 is 0. The van der Waals surface area contributed by atoms with Crippen molar-refractivity contribution in [3.05, 3.63) is 63.7 Å². The summed E-state index contributed by atoms with van der Waals surface area (Å²) in [6.07, 6.45) is 2.07. The van der Waals surface area contributed by atoms with Crippen LogP contribution in [0.3, 0.4) is 0 Å². The summed E-state index contributed by atoms with van der Waals surface area (Å²) in [6.45, 7) is 6.97. The first-order valence-electron chi connectivity index (χ1n) is 10.3. The Bertz CT molecular complexity index is 904. The van der Waals surface area contributed by atoms with Crippen molar-refractivity contribution < 1.29 is 19.2 Å². The van der Waals surface area contributed by atoms with Gasteiger partial charge in [-0.1, -0.05) is 19.1 Å². The van der Waals surface area contributed by atoms with Crippen LogP contribution in [0.4, 0.5) is 11.4 Å². The van der Waals surface area contributed by atoms with Crippen LogP contribution in [-0.2, 0) is 14.9 Å². The number of carbonyl (C=O) groups excluding carboxylic acids is 1. The van der Waals surface area contributed by atoms with Crippen molar-refractivity contribution in [3.63, 3.8) is 0 Å². The molecule has 0 aliphatic carbocycles. The van der Waals surface area contributed by atoms with Crippen molar-refractivity contribution in [2.75, 3.05) is 18.5 Å². The third-order valence-electron chi connectivity index (χ3n) is 5.75. The number of nitrogens with zero attached hydrogens (tertiary/aromatic N) is 1. The number of rotatable bonds is 7. The molecule has 1 fully saturated rings. The highest BCUT2D eigenvalue weighted by Gasteiger charge is 2.42. The third-order valence-corrected chi connectivity index (χ3v) is 5.75. The van der Waals surface area contributed by atoms with Gasteiger partial charge in [-0.2, -0.15) is 0 Å². The van der Waals surface area contributed by atoms with Crippen molar-refractivity contribution in [1.29, 1.82) is 0 Å². The topological polar surface area (TPSA) is 90.7 Å². The number of aryl methyl sites for hydroxylation is 1. The molecule has 1 aliphatic heterocycles. The molecule has 1 heterocycles. The van der Waals surface area contributed by atoms with E-state index in [0.717, 1.165) is 23.3 Å². The van der Waals surface area contributed by atoms with Gasteiger partial charge in [0, 0.05) is 31.0 Å². The molecule has 2 aromatic rings. The molecule has 0 aromatic heterocycles. The summed E-state index contributed by atoms with van der Waals surface area (Å²) in [7, 11) is 0. The molecule has 1 N–H and O–H groups in total. The molecule has 2 aromatic carbocycles. The second-order valence-electron chi connectivity index (χ2n) is 7.77. The maximum Gasteiger partial charge on any atom is 0.269 e.